The zero-order valence-corrected chi connectivity index (χ0v) is 17.1. The SMILES string of the molecule is Cc1ccc(CN(C(=O)c2oc3ccc(Cl)cc3c2C)[C@H]2CCS(=O)(=O)C2)o1. The summed E-state index contributed by atoms with van der Waals surface area (Å²) in [6, 6.07) is 8.38. The van der Waals surface area contributed by atoms with Gasteiger partial charge in [0, 0.05) is 22.0 Å². The van der Waals surface area contributed by atoms with Crippen molar-refractivity contribution in [3.05, 3.63) is 58.2 Å². The van der Waals surface area contributed by atoms with E-state index in [9.17, 15) is 13.2 Å². The van der Waals surface area contributed by atoms with E-state index in [0.29, 0.717) is 28.4 Å². The Morgan fingerprint density at radius 3 is 2.64 bits per heavy atom. The zero-order valence-electron chi connectivity index (χ0n) is 15.6. The van der Waals surface area contributed by atoms with Gasteiger partial charge in [-0.05, 0) is 50.6 Å². The zero-order chi connectivity index (χ0) is 20.1. The van der Waals surface area contributed by atoms with Crippen molar-refractivity contribution in [1.29, 1.82) is 0 Å². The average molecular weight is 422 g/mol. The van der Waals surface area contributed by atoms with Gasteiger partial charge in [-0.15, -0.1) is 0 Å². The van der Waals surface area contributed by atoms with E-state index in [4.69, 9.17) is 20.4 Å². The van der Waals surface area contributed by atoms with Crippen molar-refractivity contribution >= 4 is 38.3 Å². The lowest BCUT2D eigenvalue weighted by molar-refractivity contribution is 0.0634. The second-order valence-electron chi connectivity index (χ2n) is 7.20. The number of fused-ring (bicyclic) bond motifs is 1. The summed E-state index contributed by atoms with van der Waals surface area (Å²) in [6.45, 7) is 3.81. The van der Waals surface area contributed by atoms with Crippen molar-refractivity contribution in [2.45, 2.75) is 32.9 Å². The molecule has 0 N–H and O–H groups in total. The van der Waals surface area contributed by atoms with Gasteiger partial charge in [0.15, 0.2) is 15.6 Å². The Hall–Kier alpha value is -2.25. The fourth-order valence-electron chi connectivity index (χ4n) is 3.65. The average Bonchev–Trinajstić information content (AvgIpc) is 3.30. The minimum Gasteiger partial charge on any atom is -0.464 e. The fourth-order valence-corrected chi connectivity index (χ4v) is 5.56. The molecule has 0 radical (unpaired) electrons. The molecule has 0 aliphatic carbocycles. The van der Waals surface area contributed by atoms with Gasteiger partial charge in [-0.25, -0.2) is 8.42 Å². The Bertz CT molecular complexity index is 1160. The molecular weight excluding hydrogens is 402 g/mol. The summed E-state index contributed by atoms with van der Waals surface area (Å²) in [7, 11) is -3.16. The predicted octanol–water partition coefficient (Wildman–Crippen LogP) is 4.13. The van der Waals surface area contributed by atoms with E-state index in [1.807, 2.05) is 13.0 Å². The maximum atomic E-state index is 13.4. The van der Waals surface area contributed by atoms with Crippen LogP contribution in [0.5, 0.6) is 0 Å². The van der Waals surface area contributed by atoms with Crippen LogP contribution in [-0.4, -0.2) is 36.8 Å². The number of hydrogen-bond acceptors (Lipinski definition) is 5. The summed E-state index contributed by atoms with van der Waals surface area (Å²) in [5, 5.41) is 1.32. The number of furan rings is 2. The molecular formula is C20H20ClNO5S. The number of benzene rings is 1. The highest BCUT2D eigenvalue weighted by Gasteiger charge is 2.37. The van der Waals surface area contributed by atoms with Crippen LogP contribution in [0.15, 0.2) is 39.2 Å². The van der Waals surface area contributed by atoms with Gasteiger partial charge >= 0.3 is 0 Å². The van der Waals surface area contributed by atoms with Crippen LogP contribution in [0.2, 0.25) is 5.02 Å². The first kappa shape index (κ1) is 19.1. The molecule has 4 rings (SSSR count). The predicted molar refractivity (Wildman–Crippen MR) is 106 cm³/mol. The van der Waals surface area contributed by atoms with Gasteiger partial charge in [-0.1, -0.05) is 11.6 Å². The molecule has 3 aromatic rings. The van der Waals surface area contributed by atoms with E-state index in [2.05, 4.69) is 0 Å². The number of amides is 1. The molecule has 1 saturated heterocycles. The minimum absolute atomic E-state index is 0.0520. The quantitative estimate of drug-likeness (QED) is 0.632. The van der Waals surface area contributed by atoms with E-state index in [0.717, 1.165) is 11.1 Å². The molecule has 1 aromatic carbocycles. The summed E-state index contributed by atoms with van der Waals surface area (Å²) < 4.78 is 35.5. The number of carbonyl (C=O) groups excluding carboxylic acids is 1. The van der Waals surface area contributed by atoms with Gasteiger partial charge in [0.25, 0.3) is 5.91 Å². The number of halogens is 1. The maximum Gasteiger partial charge on any atom is 0.290 e. The highest BCUT2D eigenvalue weighted by Crippen LogP contribution is 2.31. The first-order chi connectivity index (χ1) is 13.2. The van der Waals surface area contributed by atoms with Crippen molar-refractivity contribution in [3.8, 4) is 0 Å². The van der Waals surface area contributed by atoms with Gasteiger partial charge in [-0.2, -0.15) is 0 Å². The summed E-state index contributed by atoms with van der Waals surface area (Å²) in [5.74, 6) is 1.21. The van der Waals surface area contributed by atoms with Crippen LogP contribution in [-0.2, 0) is 16.4 Å². The van der Waals surface area contributed by atoms with Crippen LogP contribution in [0.3, 0.4) is 0 Å². The first-order valence-corrected chi connectivity index (χ1v) is 11.2. The Labute approximate surface area is 168 Å². The molecule has 3 heterocycles. The van der Waals surface area contributed by atoms with E-state index in [-0.39, 0.29) is 29.7 Å². The lowest BCUT2D eigenvalue weighted by atomic mass is 10.1. The van der Waals surface area contributed by atoms with E-state index < -0.39 is 15.9 Å². The minimum atomic E-state index is -3.16. The molecule has 1 aliphatic rings. The molecule has 6 nitrogen and oxygen atoms in total. The third-order valence-electron chi connectivity index (χ3n) is 5.12. The largest absolute Gasteiger partial charge is 0.464 e. The molecule has 0 bridgehead atoms. The lowest BCUT2D eigenvalue weighted by Crippen LogP contribution is -2.40. The molecule has 1 amide bonds. The fraction of sp³-hybridized carbons (Fsp3) is 0.350. The Balaban J connectivity index is 1.73. The molecule has 2 aromatic heterocycles. The van der Waals surface area contributed by atoms with Gasteiger partial charge in [-0.3, -0.25) is 4.79 Å². The Morgan fingerprint density at radius 1 is 1.21 bits per heavy atom. The van der Waals surface area contributed by atoms with Crippen molar-refractivity contribution in [2.75, 3.05) is 11.5 Å². The van der Waals surface area contributed by atoms with Crippen molar-refractivity contribution in [1.82, 2.24) is 4.90 Å². The van der Waals surface area contributed by atoms with Gasteiger partial charge < -0.3 is 13.7 Å². The molecule has 28 heavy (non-hydrogen) atoms. The standard InChI is InChI=1S/C20H20ClNO5S/c1-12-3-5-16(26-12)10-22(15-7-8-28(24,25)11-15)20(23)19-13(2)17-9-14(21)4-6-18(17)27-19/h3-6,9,15H,7-8,10-11H2,1-2H3/t15-/m0/s1. The van der Waals surface area contributed by atoms with Crippen LogP contribution >= 0.6 is 11.6 Å². The molecule has 148 valence electrons. The maximum absolute atomic E-state index is 13.4. The monoisotopic (exact) mass is 421 g/mol. The summed E-state index contributed by atoms with van der Waals surface area (Å²) in [5.41, 5.74) is 1.25. The summed E-state index contributed by atoms with van der Waals surface area (Å²) >= 11 is 6.07. The molecule has 0 spiro atoms. The molecule has 1 aliphatic heterocycles. The number of carbonyl (C=O) groups is 1. The number of hydrogen-bond donors (Lipinski definition) is 0. The summed E-state index contributed by atoms with van der Waals surface area (Å²) in [4.78, 5) is 14.9. The first-order valence-electron chi connectivity index (χ1n) is 8.99. The third kappa shape index (κ3) is 3.56. The van der Waals surface area contributed by atoms with Crippen LogP contribution in [0.1, 0.15) is 34.1 Å². The summed E-state index contributed by atoms with van der Waals surface area (Å²) in [6.07, 6.45) is 0.402. The van der Waals surface area contributed by atoms with Crippen molar-refractivity contribution < 1.29 is 22.0 Å². The normalized spacial score (nSPS) is 18.6. The number of nitrogens with zero attached hydrogens (tertiary/aromatic N) is 1. The van der Waals surface area contributed by atoms with Gasteiger partial charge in [0.2, 0.25) is 0 Å². The van der Waals surface area contributed by atoms with Crippen molar-refractivity contribution in [3.63, 3.8) is 0 Å². The molecule has 1 atom stereocenters. The van der Waals surface area contributed by atoms with Crippen LogP contribution in [0.25, 0.3) is 11.0 Å². The van der Waals surface area contributed by atoms with Gasteiger partial charge in [0.1, 0.15) is 17.1 Å². The molecule has 0 unspecified atom stereocenters. The molecule has 1 fully saturated rings. The second kappa shape index (κ2) is 6.97. The smallest absolute Gasteiger partial charge is 0.290 e. The topological polar surface area (TPSA) is 80.7 Å². The Kier molecular flexibility index (Phi) is 4.75. The van der Waals surface area contributed by atoms with E-state index in [1.54, 1.807) is 36.1 Å². The Morgan fingerprint density at radius 2 is 2.00 bits per heavy atom. The van der Waals surface area contributed by atoms with Crippen LogP contribution < -0.4 is 0 Å². The number of sulfone groups is 1. The highest BCUT2D eigenvalue weighted by atomic mass is 35.5. The van der Waals surface area contributed by atoms with Crippen LogP contribution in [0, 0.1) is 13.8 Å². The number of aryl methyl sites for hydroxylation is 2. The molecule has 0 saturated carbocycles. The second-order valence-corrected chi connectivity index (χ2v) is 9.86. The van der Waals surface area contributed by atoms with Crippen molar-refractivity contribution in [2.24, 2.45) is 0 Å². The van der Waals surface area contributed by atoms with E-state index in [1.165, 1.54) is 0 Å². The van der Waals surface area contributed by atoms with Crippen LogP contribution in [0.4, 0.5) is 0 Å². The number of rotatable bonds is 4. The van der Waals surface area contributed by atoms with E-state index >= 15 is 0 Å². The highest BCUT2D eigenvalue weighted by molar-refractivity contribution is 7.91. The lowest BCUT2D eigenvalue weighted by Gasteiger charge is -2.26. The third-order valence-corrected chi connectivity index (χ3v) is 7.11. The van der Waals surface area contributed by atoms with Gasteiger partial charge in [0.05, 0.1) is 18.1 Å². The molecule has 8 heteroatoms.